The normalized spacial score (nSPS) is 16.2. The molecular weight excluding hydrogens is 292 g/mol. The van der Waals surface area contributed by atoms with Gasteiger partial charge in [0.2, 0.25) is 0 Å². The molecule has 2 rings (SSSR count). The van der Waals surface area contributed by atoms with Gasteiger partial charge in [-0.1, -0.05) is 25.3 Å². The largest absolute Gasteiger partial charge is 0.453 e. The van der Waals surface area contributed by atoms with Crippen LogP contribution in [0, 0.1) is 17.2 Å². The Bertz CT molecular complexity index is 601. The molecule has 0 saturated heterocycles. The van der Waals surface area contributed by atoms with E-state index in [2.05, 4.69) is 5.32 Å². The number of nitrogens with one attached hydrogen (secondary N) is 1. The minimum Gasteiger partial charge on any atom is -0.453 e. The zero-order chi connectivity index (χ0) is 16.7. The fourth-order valence-electron chi connectivity index (χ4n) is 2.84. The summed E-state index contributed by atoms with van der Waals surface area (Å²) in [4.78, 5) is 24.0. The Hall–Kier alpha value is -2.35. The molecule has 0 bridgehead atoms. The van der Waals surface area contributed by atoms with Crippen LogP contribution in [0.2, 0.25) is 0 Å². The highest BCUT2D eigenvalue weighted by Gasteiger charge is 2.22. The number of amides is 1. The second-order valence-corrected chi connectivity index (χ2v) is 6.02. The molecule has 5 nitrogen and oxygen atoms in total. The first-order chi connectivity index (χ1) is 11.1. The third-order valence-electron chi connectivity index (χ3n) is 4.12. The zero-order valence-corrected chi connectivity index (χ0v) is 13.4. The maximum absolute atomic E-state index is 12.1. The van der Waals surface area contributed by atoms with E-state index >= 15 is 0 Å². The third kappa shape index (κ3) is 5.41. The number of nitriles is 1. The molecule has 1 atom stereocenters. The second kappa shape index (κ2) is 8.33. The lowest BCUT2D eigenvalue weighted by molar-refractivity contribution is -0.154. The minimum atomic E-state index is -0.850. The fourth-order valence-corrected chi connectivity index (χ4v) is 2.84. The van der Waals surface area contributed by atoms with Gasteiger partial charge in [-0.05, 0) is 43.9 Å². The van der Waals surface area contributed by atoms with Crippen LogP contribution in [0.5, 0.6) is 0 Å². The molecule has 1 aromatic rings. The van der Waals surface area contributed by atoms with Crippen molar-refractivity contribution >= 4 is 17.6 Å². The van der Waals surface area contributed by atoms with Gasteiger partial charge in [0, 0.05) is 12.1 Å². The van der Waals surface area contributed by atoms with E-state index in [4.69, 9.17) is 10.00 Å². The summed E-state index contributed by atoms with van der Waals surface area (Å²) in [5.74, 6) is -0.318. The van der Waals surface area contributed by atoms with Crippen molar-refractivity contribution in [1.29, 1.82) is 5.26 Å². The highest BCUT2D eigenvalue weighted by atomic mass is 16.5. The molecule has 1 saturated carbocycles. The smallest absolute Gasteiger partial charge is 0.306 e. The minimum absolute atomic E-state index is 0.315. The highest BCUT2D eigenvalue weighted by molar-refractivity contribution is 5.95. The van der Waals surface area contributed by atoms with E-state index in [-0.39, 0.29) is 5.97 Å². The first-order valence-electron chi connectivity index (χ1n) is 8.09. The SMILES string of the molecule is C[C@H](OC(=O)CC1CCCCC1)C(=O)Nc1cccc(C#N)c1. The molecule has 0 unspecified atom stereocenters. The van der Waals surface area contributed by atoms with E-state index in [1.165, 1.54) is 19.3 Å². The van der Waals surface area contributed by atoms with Crippen molar-refractivity contribution in [1.82, 2.24) is 0 Å². The number of benzene rings is 1. The molecule has 0 spiro atoms. The predicted molar refractivity (Wildman–Crippen MR) is 86.5 cm³/mol. The Labute approximate surface area is 136 Å². The van der Waals surface area contributed by atoms with E-state index in [0.717, 1.165) is 12.8 Å². The molecule has 0 heterocycles. The molecule has 0 aromatic heterocycles. The van der Waals surface area contributed by atoms with Crippen LogP contribution in [0.25, 0.3) is 0 Å². The molecule has 122 valence electrons. The lowest BCUT2D eigenvalue weighted by Gasteiger charge is -2.21. The van der Waals surface area contributed by atoms with Crippen molar-refractivity contribution in [3.8, 4) is 6.07 Å². The van der Waals surface area contributed by atoms with Crippen molar-refractivity contribution in [2.75, 3.05) is 5.32 Å². The van der Waals surface area contributed by atoms with Crippen molar-refractivity contribution in [2.24, 2.45) is 5.92 Å². The summed E-state index contributed by atoms with van der Waals surface area (Å²) in [6.45, 7) is 1.56. The van der Waals surface area contributed by atoms with Crippen molar-refractivity contribution < 1.29 is 14.3 Å². The number of nitrogens with zero attached hydrogens (tertiary/aromatic N) is 1. The number of anilines is 1. The van der Waals surface area contributed by atoms with Gasteiger partial charge in [-0.25, -0.2) is 0 Å². The topological polar surface area (TPSA) is 79.2 Å². The predicted octanol–water partition coefficient (Wildman–Crippen LogP) is 3.40. The molecule has 1 amide bonds. The second-order valence-electron chi connectivity index (χ2n) is 6.02. The van der Waals surface area contributed by atoms with E-state index in [1.54, 1.807) is 31.2 Å². The maximum atomic E-state index is 12.1. The summed E-state index contributed by atoms with van der Waals surface area (Å²) in [7, 11) is 0. The van der Waals surface area contributed by atoms with E-state index < -0.39 is 12.0 Å². The van der Waals surface area contributed by atoms with Gasteiger partial charge in [0.1, 0.15) is 0 Å². The molecule has 1 aliphatic rings. The molecule has 0 radical (unpaired) electrons. The molecule has 0 aliphatic heterocycles. The molecule has 5 heteroatoms. The quantitative estimate of drug-likeness (QED) is 0.845. The number of rotatable bonds is 5. The van der Waals surface area contributed by atoms with Gasteiger partial charge >= 0.3 is 5.97 Å². The van der Waals surface area contributed by atoms with Crippen LogP contribution in [-0.2, 0) is 14.3 Å². The average molecular weight is 314 g/mol. The number of carbonyl (C=O) groups excluding carboxylic acids is 2. The molecular formula is C18H22N2O3. The molecule has 1 aliphatic carbocycles. The van der Waals surface area contributed by atoms with Crippen LogP contribution < -0.4 is 5.32 Å². The standard InChI is InChI=1S/C18H22N2O3/c1-13(23-17(21)11-14-6-3-2-4-7-14)18(22)20-16-9-5-8-15(10-16)12-19/h5,8-10,13-14H,2-4,6-7,11H2,1H3,(H,20,22)/t13-/m0/s1. The number of hydrogen-bond acceptors (Lipinski definition) is 4. The Balaban J connectivity index is 1.81. The average Bonchev–Trinajstić information content (AvgIpc) is 2.55. The molecule has 1 aromatic carbocycles. The Morgan fingerprint density at radius 2 is 2.09 bits per heavy atom. The van der Waals surface area contributed by atoms with Crippen LogP contribution in [0.4, 0.5) is 5.69 Å². The van der Waals surface area contributed by atoms with Crippen molar-refractivity contribution in [3.05, 3.63) is 29.8 Å². The van der Waals surface area contributed by atoms with Gasteiger partial charge in [-0.15, -0.1) is 0 Å². The van der Waals surface area contributed by atoms with Crippen molar-refractivity contribution in [2.45, 2.75) is 51.6 Å². The summed E-state index contributed by atoms with van der Waals surface area (Å²) >= 11 is 0. The van der Waals surface area contributed by atoms with Crippen LogP contribution in [0.15, 0.2) is 24.3 Å². The van der Waals surface area contributed by atoms with Gasteiger partial charge in [-0.3, -0.25) is 9.59 Å². The zero-order valence-electron chi connectivity index (χ0n) is 13.4. The summed E-state index contributed by atoms with van der Waals surface area (Å²) < 4.78 is 5.23. The van der Waals surface area contributed by atoms with Gasteiger partial charge in [0.25, 0.3) is 5.91 Å². The first-order valence-corrected chi connectivity index (χ1v) is 8.09. The first kappa shape index (κ1) is 17.0. The Kier molecular flexibility index (Phi) is 6.16. The highest BCUT2D eigenvalue weighted by Crippen LogP contribution is 2.26. The van der Waals surface area contributed by atoms with Crippen LogP contribution in [0.1, 0.15) is 51.0 Å². The van der Waals surface area contributed by atoms with E-state index in [9.17, 15) is 9.59 Å². The monoisotopic (exact) mass is 314 g/mol. The lowest BCUT2D eigenvalue weighted by atomic mass is 9.87. The summed E-state index contributed by atoms with van der Waals surface area (Å²) in [6, 6.07) is 8.62. The van der Waals surface area contributed by atoms with Gasteiger partial charge < -0.3 is 10.1 Å². The Morgan fingerprint density at radius 3 is 2.78 bits per heavy atom. The van der Waals surface area contributed by atoms with Crippen LogP contribution >= 0.6 is 0 Å². The summed E-state index contributed by atoms with van der Waals surface area (Å²) in [6.07, 6.45) is 5.25. The molecule has 23 heavy (non-hydrogen) atoms. The fraction of sp³-hybridized carbons (Fsp3) is 0.500. The van der Waals surface area contributed by atoms with E-state index in [1.807, 2.05) is 6.07 Å². The summed E-state index contributed by atoms with van der Waals surface area (Å²) in [5.41, 5.74) is 0.981. The number of esters is 1. The maximum Gasteiger partial charge on any atom is 0.306 e. The van der Waals surface area contributed by atoms with Gasteiger partial charge in [0.05, 0.1) is 11.6 Å². The van der Waals surface area contributed by atoms with Crippen LogP contribution in [-0.4, -0.2) is 18.0 Å². The van der Waals surface area contributed by atoms with Crippen molar-refractivity contribution in [3.63, 3.8) is 0 Å². The number of hydrogen-bond donors (Lipinski definition) is 1. The van der Waals surface area contributed by atoms with Gasteiger partial charge in [-0.2, -0.15) is 5.26 Å². The van der Waals surface area contributed by atoms with Gasteiger partial charge in [0.15, 0.2) is 6.10 Å². The number of carbonyl (C=O) groups is 2. The molecule has 1 fully saturated rings. The Morgan fingerprint density at radius 1 is 1.35 bits per heavy atom. The third-order valence-corrected chi connectivity index (χ3v) is 4.12. The van der Waals surface area contributed by atoms with Crippen LogP contribution in [0.3, 0.4) is 0 Å². The van der Waals surface area contributed by atoms with E-state index in [0.29, 0.717) is 23.6 Å². The molecule has 1 N–H and O–H groups in total. The summed E-state index contributed by atoms with van der Waals surface area (Å²) in [5, 5.41) is 11.5. The number of ether oxygens (including phenoxy) is 1. The lowest BCUT2D eigenvalue weighted by Crippen LogP contribution is -2.30.